The molecule has 0 unspecified atom stereocenters. The van der Waals surface area contributed by atoms with E-state index in [0.717, 1.165) is 30.0 Å². The molecule has 0 aromatic heterocycles. The molecule has 116 valence electrons. The number of hydrogen-bond donors (Lipinski definition) is 0. The van der Waals surface area contributed by atoms with E-state index in [-0.39, 0.29) is 10.9 Å². The van der Waals surface area contributed by atoms with Crippen LogP contribution in [0.1, 0.15) is 30.0 Å². The second kappa shape index (κ2) is 5.82. The van der Waals surface area contributed by atoms with Crippen LogP contribution < -0.4 is 0 Å². The van der Waals surface area contributed by atoms with Gasteiger partial charge in [-0.25, -0.2) is 12.8 Å². The van der Waals surface area contributed by atoms with Gasteiger partial charge in [0.15, 0.2) is 0 Å². The molecule has 0 spiro atoms. The first-order valence-corrected chi connectivity index (χ1v) is 8.76. The Morgan fingerprint density at radius 2 is 1.86 bits per heavy atom. The Morgan fingerprint density at radius 3 is 2.55 bits per heavy atom. The second-order valence-corrected chi connectivity index (χ2v) is 7.53. The molecule has 5 heteroatoms. The molecule has 22 heavy (non-hydrogen) atoms. The largest absolute Gasteiger partial charge is 0.243 e. The third-order valence-corrected chi connectivity index (χ3v) is 5.97. The Balaban J connectivity index is 1.97. The Hall–Kier alpha value is -1.72. The molecule has 1 saturated heterocycles. The quantitative estimate of drug-likeness (QED) is 0.866. The minimum atomic E-state index is -3.68. The Morgan fingerprint density at radius 1 is 1.14 bits per heavy atom. The molecule has 0 N–H and O–H groups in total. The zero-order valence-electron chi connectivity index (χ0n) is 12.4. The number of aryl methyl sites for hydroxylation is 1. The molecular weight excluding hydrogens is 301 g/mol. The van der Waals surface area contributed by atoms with E-state index in [4.69, 9.17) is 0 Å². The fourth-order valence-electron chi connectivity index (χ4n) is 2.91. The molecule has 0 amide bonds. The zero-order chi connectivity index (χ0) is 15.7. The van der Waals surface area contributed by atoms with E-state index >= 15 is 0 Å². The zero-order valence-corrected chi connectivity index (χ0v) is 13.2. The SMILES string of the molecule is Cc1ccc([C@@H]2CCCN2S(=O)(=O)c2cccc(F)c2)cc1. The third-order valence-electron chi connectivity index (χ3n) is 4.07. The Labute approximate surface area is 130 Å². The van der Waals surface area contributed by atoms with Crippen molar-refractivity contribution in [2.45, 2.75) is 30.7 Å². The summed E-state index contributed by atoms with van der Waals surface area (Å²) in [5.74, 6) is -0.535. The van der Waals surface area contributed by atoms with Gasteiger partial charge in [0.2, 0.25) is 10.0 Å². The van der Waals surface area contributed by atoms with E-state index in [1.807, 2.05) is 31.2 Å². The van der Waals surface area contributed by atoms with E-state index < -0.39 is 15.8 Å². The number of rotatable bonds is 3. The van der Waals surface area contributed by atoms with Gasteiger partial charge in [-0.2, -0.15) is 4.31 Å². The Bertz CT molecular complexity index is 772. The van der Waals surface area contributed by atoms with Crippen molar-refractivity contribution in [1.29, 1.82) is 0 Å². The van der Waals surface area contributed by atoms with Crippen LogP contribution in [0.5, 0.6) is 0 Å². The molecular formula is C17H18FNO2S. The van der Waals surface area contributed by atoms with Crippen molar-refractivity contribution >= 4 is 10.0 Å². The van der Waals surface area contributed by atoms with Crippen molar-refractivity contribution in [3.05, 3.63) is 65.5 Å². The van der Waals surface area contributed by atoms with Gasteiger partial charge >= 0.3 is 0 Å². The minimum Gasteiger partial charge on any atom is -0.207 e. The van der Waals surface area contributed by atoms with Gasteiger partial charge in [-0.1, -0.05) is 35.9 Å². The number of halogens is 1. The van der Waals surface area contributed by atoms with E-state index in [0.29, 0.717) is 6.54 Å². The standard InChI is InChI=1S/C17H18FNO2S/c1-13-7-9-14(10-8-13)17-6-3-11-19(17)22(20,21)16-5-2-4-15(18)12-16/h2,4-5,7-10,12,17H,3,6,11H2,1H3/t17-/m0/s1. The van der Waals surface area contributed by atoms with Gasteiger partial charge in [-0.3, -0.25) is 0 Å². The van der Waals surface area contributed by atoms with Gasteiger partial charge in [0.05, 0.1) is 10.9 Å². The smallest absolute Gasteiger partial charge is 0.207 e. The van der Waals surface area contributed by atoms with Crippen LogP contribution in [0.2, 0.25) is 0 Å². The molecule has 1 fully saturated rings. The summed E-state index contributed by atoms with van der Waals surface area (Å²) in [5, 5.41) is 0. The first-order chi connectivity index (χ1) is 10.5. The molecule has 2 aromatic rings. The van der Waals surface area contributed by atoms with E-state index in [2.05, 4.69) is 0 Å². The normalized spacial score (nSPS) is 19.5. The van der Waals surface area contributed by atoms with Gasteiger partial charge in [0.1, 0.15) is 5.82 Å². The van der Waals surface area contributed by atoms with Crippen molar-refractivity contribution in [2.75, 3.05) is 6.54 Å². The average Bonchev–Trinajstić information content (AvgIpc) is 2.98. The average molecular weight is 319 g/mol. The maximum atomic E-state index is 13.4. The predicted octanol–water partition coefficient (Wildman–Crippen LogP) is 3.66. The van der Waals surface area contributed by atoms with E-state index in [1.54, 1.807) is 0 Å². The number of hydrogen-bond acceptors (Lipinski definition) is 2. The summed E-state index contributed by atoms with van der Waals surface area (Å²) < 4.78 is 40.5. The summed E-state index contributed by atoms with van der Waals surface area (Å²) in [6.45, 7) is 2.47. The summed E-state index contributed by atoms with van der Waals surface area (Å²) >= 11 is 0. The van der Waals surface area contributed by atoms with Gasteiger partial charge in [-0.05, 0) is 43.5 Å². The predicted molar refractivity (Wildman–Crippen MR) is 83.4 cm³/mol. The first kappa shape index (κ1) is 15.2. The summed E-state index contributed by atoms with van der Waals surface area (Å²) in [5.41, 5.74) is 2.13. The van der Waals surface area contributed by atoms with Gasteiger partial charge in [0, 0.05) is 6.54 Å². The molecule has 2 aromatic carbocycles. The fourth-order valence-corrected chi connectivity index (χ4v) is 4.63. The minimum absolute atomic E-state index is 0.0199. The number of sulfonamides is 1. The first-order valence-electron chi connectivity index (χ1n) is 7.32. The maximum Gasteiger partial charge on any atom is 0.243 e. The van der Waals surface area contributed by atoms with E-state index in [9.17, 15) is 12.8 Å². The lowest BCUT2D eigenvalue weighted by atomic mass is 10.0. The molecule has 0 bridgehead atoms. The monoisotopic (exact) mass is 319 g/mol. The van der Waals surface area contributed by atoms with E-state index in [1.165, 1.54) is 22.5 Å². The molecule has 0 saturated carbocycles. The van der Waals surface area contributed by atoms with Crippen LogP contribution in [-0.4, -0.2) is 19.3 Å². The molecule has 3 nitrogen and oxygen atoms in total. The number of nitrogens with zero attached hydrogens (tertiary/aromatic N) is 1. The van der Waals surface area contributed by atoms with Gasteiger partial charge < -0.3 is 0 Å². The van der Waals surface area contributed by atoms with Crippen LogP contribution >= 0.6 is 0 Å². The lowest BCUT2D eigenvalue weighted by Gasteiger charge is -2.24. The third kappa shape index (κ3) is 2.78. The lowest BCUT2D eigenvalue weighted by molar-refractivity contribution is 0.396. The van der Waals surface area contributed by atoms with Crippen LogP contribution in [0.3, 0.4) is 0 Å². The van der Waals surface area contributed by atoms with Crippen LogP contribution in [0.25, 0.3) is 0 Å². The van der Waals surface area contributed by atoms with Gasteiger partial charge in [0.25, 0.3) is 0 Å². The summed E-state index contributed by atoms with van der Waals surface area (Å²) in [6.07, 6.45) is 1.60. The molecule has 1 aliphatic heterocycles. The molecule has 3 rings (SSSR count). The van der Waals surface area contributed by atoms with Crippen LogP contribution in [0.15, 0.2) is 53.4 Å². The molecule has 1 atom stereocenters. The summed E-state index contributed by atoms with van der Waals surface area (Å²) in [6, 6.07) is 13.0. The molecule has 0 radical (unpaired) electrons. The number of benzene rings is 2. The van der Waals surface area contributed by atoms with Crippen LogP contribution in [0.4, 0.5) is 4.39 Å². The Kier molecular flexibility index (Phi) is 4.02. The van der Waals surface area contributed by atoms with Crippen molar-refractivity contribution in [3.8, 4) is 0 Å². The summed E-state index contributed by atoms with van der Waals surface area (Å²) in [7, 11) is -3.68. The van der Waals surface area contributed by atoms with Crippen molar-refractivity contribution < 1.29 is 12.8 Å². The molecule has 1 heterocycles. The molecule has 1 aliphatic rings. The highest BCUT2D eigenvalue weighted by Gasteiger charge is 2.36. The summed E-state index contributed by atoms with van der Waals surface area (Å²) in [4.78, 5) is 0.0199. The highest BCUT2D eigenvalue weighted by atomic mass is 32.2. The highest BCUT2D eigenvalue weighted by Crippen LogP contribution is 2.36. The van der Waals surface area contributed by atoms with Crippen LogP contribution in [-0.2, 0) is 10.0 Å². The second-order valence-electron chi connectivity index (χ2n) is 5.64. The van der Waals surface area contributed by atoms with Crippen molar-refractivity contribution in [1.82, 2.24) is 4.31 Å². The van der Waals surface area contributed by atoms with Crippen molar-refractivity contribution in [3.63, 3.8) is 0 Å². The topological polar surface area (TPSA) is 37.4 Å². The highest BCUT2D eigenvalue weighted by molar-refractivity contribution is 7.89. The van der Waals surface area contributed by atoms with Gasteiger partial charge in [-0.15, -0.1) is 0 Å². The fraction of sp³-hybridized carbons (Fsp3) is 0.294. The lowest BCUT2D eigenvalue weighted by Crippen LogP contribution is -2.30. The molecule has 0 aliphatic carbocycles. The van der Waals surface area contributed by atoms with Crippen LogP contribution in [0, 0.1) is 12.7 Å². The van der Waals surface area contributed by atoms with Crippen molar-refractivity contribution in [2.24, 2.45) is 0 Å². The maximum absolute atomic E-state index is 13.4.